The molecule has 8 heteroatoms. The van der Waals surface area contributed by atoms with Crippen molar-refractivity contribution in [3.05, 3.63) is 58.2 Å². The summed E-state index contributed by atoms with van der Waals surface area (Å²) in [7, 11) is 0. The summed E-state index contributed by atoms with van der Waals surface area (Å²) in [5.41, 5.74) is -0.724. The minimum atomic E-state index is -1.20. The van der Waals surface area contributed by atoms with E-state index in [0.717, 1.165) is 24.4 Å². The number of nitro groups is 1. The molecule has 1 N–H and O–H groups in total. The van der Waals surface area contributed by atoms with Gasteiger partial charge in [-0.1, -0.05) is 0 Å². The third-order valence-electron chi connectivity index (χ3n) is 2.30. The molecular formula is C12H7FN2O5. The summed E-state index contributed by atoms with van der Waals surface area (Å²) in [5.74, 6) is -2.03. The summed E-state index contributed by atoms with van der Waals surface area (Å²) in [6, 6.07) is 5.34. The predicted molar refractivity (Wildman–Crippen MR) is 64.3 cm³/mol. The first-order valence-corrected chi connectivity index (χ1v) is 5.28. The quantitative estimate of drug-likeness (QED) is 0.681. The van der Waals surface area contributed by atoms with Crippen LogP contribution < -0.4 is 4.74 Å². The van der Waals surface area contributed by atoms with Crippen molar-refractivity contribution in [2.75, 3.05) is 0 Å². The van der Waals surface area contributed by atoms with Crippen molar-refractivity contribution in [1.29, 1.82) is 0 Å². The van der Waals surface area contributed by atoms with Gasteiger partial charge in [0, 0.05) is 0 Å². The van der Waals surface area contributed by atoms with Gasteiger partial charge >= 0.3 is 11.7 Å². The van der Waals surface area contributed by atoms with E-state index in [9.17, 15) is 19.3 Å². The van der Waals surface area contributed by atoms with E-state index in [1.54, 1.807) is 0 Å². The highest BCUT2D eigenvalue weighted by Crippen LogP contribution is 2.31. The van der Waals surface area contributed by atoms with Gasteiger partial charge in [-0.25, -0.2) is 14.2 Å². The van der Waals surface area contributed by atoms with Crippen molar-refractivity contribution in [3.8, 4) is 11.5 Å². The molecule has 0 aliphatic carbocycles. The highest BCUT2D eigenvalue weighted by molar-refractivity contribution is 5.85. The fourth-order valence-corrected chi connectivity index (χ4v) is 1.41. The number of rotatable bonds is 4. The lowest BCUT2D eigenvalue weighted by atomic mass is 10.3. The first-order valence-electron chi connectivity index (χ1n) is 5.28. The average molecular weight is 278 g/mol. The topological polar surface area (TPSA) is 103 Å². The number of hydrogen-bond donors (Lipinski definition) is 1. The summed E-state index contributed by atoms with van der Waals surface area (Å²) in [4.78, 5) is 24.2. The maximum atomic E-state index is 13.0. The summed E-state index contributed by atoms with van der Waals surface area (Å²) >= 11 is 0. The molecule has 2 rings (SSSR count). The molecule has 1 aromatic heterocycles. The number of benzene rings is 1. The molecule has 20 heavy (non-hydrogen) atoms. The number of aromatic nitrogens is 1. The molecule has 102 valence electrons. The molecule has 0 aliphatic rings. The van der Waals surface area contributed by atoms with Gasteiger partial charge in [-0.3, -0.25) is 10.1 Å². The molecule has 0 fully saturated rings. The Balaban J connectivity index is 2.30. The Morgan fingerprint density at radius 3 is 2.65 bits per heavy atom. The molecule has 0 amide bonds. The minimum absolute atomic E-state index is 0.102. The van der Waals surface area contributed by atoms with Gasteiger partial charge < -0.3 is 9.84 Å². The Morgan fingerprint density at radius 2 is 2.10 bits per heavy atom. The lowest BCUT2D eigenvalue weighted by Crippen LogP contribution is -2.00. The Bertz CT molecular complexity index is 672. The third-order valence-corrected chi connectivity index (χ3v) is 2.30. The largest absolute Gasteiger partial charge is 0.477 e. The molecule has 2 aromatic rings. The fraction of sp³-hybridized carbons (Fsp3) is 0. The van der Waals surface area contributed by atoms with Crippen LogP contribution in [-0.4, -0.2) is 21.0 Å². The Morgan fingerprint density at radius 1 is 1.35 bits per heavy atom. The molecule has 1 heterocycles. The number of nitro benzene ring substituents is 1. The van der Waals surface area contributed by atoms with Crippen LogP contribution in [0.2, 0.25) is 0 Å². The molecule has 0 atom stereocenters. The first-order chi connectivity index (χ1) is 9.47. The molecule has 1 aromatic carbocycles. The highest BCUT2D eigenvalue weighted by Gasteiger charge is 2.17. The zero-order chi connectivity index (χ0) is 14.7. The standard InChI is InChI=1S/C12H7FN2O5/c13-7-1-4-11(10(5-7)15(18)19)20-8-2-3-9(12(16)17)14-6-8/h1-6H,(H,16,17). The van der Waals surface area contributed by atoms with Gasteiger partial charge in [0.1, 0.15) is 17.3 Å². The Hall–Kier alpha value is -3.03. The van der Waals surface area contributed by atoms with Crippen molar-refractivity contribution in [2.45, 2.75) is 0 Å². The smallest absolute Gasteiger partial charge is 0.354 e. The second-order valence-electron chi connectivity index (χ2n) is 3.66. The fourth-order valence-electron chi connectivity index (χ4n) is 1.41. The molecule has 0 saturated carbocycles. The van der Waals surface area contributed by atoms with E-state index in [2.05, 4.69) is 4.98 Å². The average Bonchev–Trinajstić information content (AvgIpc) is 2.41. The summed E-state index contributed by atoms with van der Waals surface area (Å²) in [5, 5.41) is 19.5. The predicted octanol–water partition coefficient (Wildman–Crippen LogP) is 2.62. The number of ether oxygens (including phenoxy) is 1. The highest BCUT2D eigenvalue weighted by atomic mass is 19.1. The van der Waals surface area contributed by atoms with Crippen LogP contribution in [-0.2, 0) is 0 Å². The van der Waals surface area contributed by atoms with Crippen LogP contribution in [0.3, 0.4) is 0 Å². The van der Waals surface area contributed by atoms with Gasteiger partial charge in [0.2, 0.25) is 5.75 Å². The number of carboxylic acids is 1. The van der Waals surface area contributed by atoms with Gasteiger partial charge in [0.15, 0.2) is 0 Å². The van der Waals surface area contributed by atoms with Crippen LogP contribution in [0, 0.1) is 15.9 Å². The number of aromatic carboxylic acids is 1. The second kappa shape index (κ2) is 5.31. The SMILES string of the molecule is O=C(O)c1ccc(Oc2ccc(F)cc2[N+](=O)[O-])cn1. The Kier molecular flexibility index (Phi) is 3.56. The first kappa shape index (κ1) is 13.4. The summed E-state index contributed by atoms with van der Waals surface area (Å²) < 4.78 is 18.1. The van der Waals surface area contributed by atoms with E-state index in [0.29, 0.717) is 0 Å². The normalized spacial score (nSPS) is 10.1. The van der Waals surface area contributed by atoms with E-state index in [1.165, 1.54) is 12.1 Å². The molecule has 7 nitrogen and oxygen atoms in total. The van der Waals surface area contributed by atoms with Crippen molar-refractivity contribution in [1.82, 2.24) is 4.98 Å². The van der Waals surface area contributed by atoms with E-state index >= 15 is 0 Å². The lowest BCUT2D eigenvalue weighted by molar-refractivity contribution is -0.385. The van der Waals surface area contributed by atoms with Gasteiger partial charge in [0.25, 0.3) is 0 Å². The molecule has 0 saturated heterocycles. The molecule has 0 bridgehead atoms. The van der Waals surface area contributed by atoms with Crippen molar-refractivity contribution < 1.29 is 24.0 Å². The molecule has 0 radical (unpaired) electrons. The van der Waals surface area contributed by atoms with E-state index in [1.807, 2.05) is 0 Å². The van der Waals surface area contributed by atoms with Gasteiger partial charge in [-0.2, -0.15) is 0 Å². The van der Waals surface area contributed by atoms with E-state index in [4.69, 9.17) is 9.84 Å². The number of carbonyl (C=O) groups is 1. The maximum Gasteiger partial charge on any atom is 0.354 e. The molecule has 0 aliphatic heterocycles. The number of pyridine rings is 1. The third kappa shape index (κ3) is 2.86. The number of halogens is 1. The van der Waals surface area contributed by atoms with Crippen molar-refractivity contribution >= 4 is 11.7 Å². The minimum Gasteiger partial charge on any atom is -0.477 e. The van der Waals surface area contributed by atoms with Crippen LogP contribution in [0.25, 0.3) is 0 Å². The number of nitrogens with zero attached hydrogens (tertiary/aromatic N) is 2. The van der Waals surface area contributed by atoms with Gasteiger partial charge in [-0.15, -0.1) is 0 Å². The van der Waals surface area contributed by atoms with E-state index < -0.39 is 22.4 Å². The van der Waals surface area contributed by atoms with E-state index in [-0.39, 0.29) is 17.2 Å². The van der Waals surface area contributed by atoms with Gasteiger partial charge in [-0.05, 0) is 24.3 Å². The zero-order valence-corrected chi connectivity index (χ0v) is 9.82. The van der Waals surface area contributed by atoms with Crippen LogP contribution in [0.15, 0.2) is 36.5 Å². The van der Waals surface area contributed by atoms with Crippen molar-refractivity contribution in [2.24, 2.45) is 0 Å². The van der Waals surface area contributed by atoms with Crippen molar-refractivity contribution in [3.63, 3.8) is 0 Å². The molecule has 0 spiro atoms. The molecular weight excluding hydrogens is 271 g/mol. The van der Waals surface area contributed by atoms with Crippen LogP contribution in [0.5, 0.6) is 11.5 Å². The summed E-state index contributed by atoms with van der Waals surface area (Å²) in [6.45, 7) is 0. The number of hydrogen-bond acceptors (Lipinski definition) is 5. The molecule has 0 unspecified atom stereocenters. The number of carboxylic acid groups (broad SMARTS) is 1. The Labute approximate surface area is 111 Å². The van der Waals surface area contributed by atoms with Crippen LogP contribution in [0.4, 0.5) is 10.1 Å². The zero-order valence-electron chi connectivity index (χ0n) is 9.82. The van der Waals surface area contributed by atoms with Crippen LogP contribution in [0.1, 0.15) is 10.5 Å². The van der Waals surface area contributed by atoms with Crippen LogP contribution >= 0.6 is 0 Å². The maximum absolute atomic E-state index is 13.0. The summed E-state index contributed by atoms with van der Waals surface area (Å²) in [6.07, 6.45) is 1.11. The van der Waals surface area contributed by atoms with Gasteiger partial charge in [0.05, 0.1) is 17.2 Å². The second-order valence-corrected chi connectivity index (χ2v) is 3.66. The monoisotopic (exact) mass is 278 g/mol. The lowest BCUT2D eigenvalue weighted by Gasteiger charge is -2.06.